The fourth-order valence-electron chi connectivity index (χ4n) is 2.12. The average molecular weight is 317 g/mol. The van der Waals surface area contributed by atoms with Gasteiger partial charge in [0.1, 0.15) is 0 Å². The molecule has 0 aliphatic carbocycles. The van der Waals surface area contributed by atoms with Gasteiger partial charge in [-0.1, -0.05) is 41.4 Å². The van der Waals surface area contributed by atoms with Gasteiger partial charge in [-0.2, -0.15) is 0 Å². The number of aromatic nitrogens is 1. The number of hydrogen-bond donors (Lipinski definition) is 1. The summed E-state index contributed by atoms with van der Waals surface area (Å²) in [6, 6.07) is 14.1. The van der Waals surface area contributed by atoms with E-state index in [1.54, 1.807) is 30.5 Å². The molecule has 3 nitrogen and oxygen atoms in total. The van der Waals surface area contributed by atoms with Gasteiger partial charge in [-0.05, 0) is 30.3 Å². The van der Waals surface area contributed by atoms with E-state index < -0.39 is 0 Å². The molecule has 1 N–H and O–H groups in total. The number of amides is 1. The fraction of sp³-hybridized carbons (Fsp3) is 0. The van der Waals surface area contributed by atoms with Crippen molar-refractivity contribution < 1.29 is 4.79 Å². The van der Waals surface area contributed by atoms with Crippen molar-refractivity contribution in [2.45, 2.75) is 0 Å². The molecule has 21 heavy (non-hydrogen) atoms. The highest BCUT2D eigenvalue weighted by atomic mass is 35.5. The SMILES string of the molecule is O=C(Nc1cc(Cl)cc(Cl)c1)c1ccnc2ccccc12. The summed E-state index contributed by atoms with van der Waals surface area (Å²) in [6.07, 6.45) is 1.61. The highest BCUT2D eigenvalue weighted by Crippen LogP contribution is 2.24. The first kappa shape index (κ1) is 13.9. The lowest BCUT2D eigenvalue weighted by atomic mass is 10.1. The number of rotatable bonds is 2. The van der Waals surface area contributed by atoms with Crippen LogP contribution in [0.5, 0.6) is 0 Å². The molecule has 3 rings (SSSR count). The Morgan fingerprint density at radius 3 is 2.48 bits per heavy atom. The summed E-state index contributed by atoms with van der Waals surface area (Å²) in [7, 11) is 0. The largest absolute Gasteiger partial charge is 0.322 e. The van der Waals surface area contributed by atoms with Crippen LogP contribution in [0.15, 0.2) is 54.7 Å². The molecule has 0 spiro atoms. The lowest BCUT2D eigenvalue weighted by Gasteiger charge is -2.08. The Bertz CT molecular complexity index is 808. The van der Waals surface area contributed by atoms with Crippen molar-refractivity contribution in [3.63, 3.8) is 0 Å². The second-order valence-electron chi connectivity index (χ2n) is 4.49. The van der Waals surface area contributed by atoms with Crippen LogP contribution in [0.3, 0.4) is 0 Å². The molecule has 0 saturated heterocycles. The van der Waals surface area contributed by atoms with E-state index in [0.717, 1.165) is 10.9 Å². The van der Waals surface area contributed by atoms with E-state index in [1.807, 2.05) is 24.3 Å². The van der Waals surface area contributed by atoms with Crippen molar-refractivity contribution >= 4 is 45.7 Å². The molecule has 0 bridgehead atoms. The summed E-state index contributed by atoms with van der Waals surface area (Å²) in [6.45, 7) is 0. The topological polar surface area (TPSA) is 42.0 Å². The Balaban J connectivity index is 1.97. The minimum Gasteiger partial charge on any atom is -0.322 e. The molecule has 0 saturated carbocycles. The molecule has 0 fully saturated rings. The number of hydrogen-bond acceptors (Lipinski definition) is 2. The van der Waals surface area contributed by atoms with Crippen molar-refractivity contribution in [1.82, 2.24) is 4.98 Å². The number of nitrogens with one attached hydrogen (secondary N) is 1. The van der Waals surface area contributed by atoms with Crippen molar-refractivity contribution in [2.75, 3.05) is 5.32 Å². The second-order valence-corrected chi connectivity index (χ2v) is 5.36. The smallest absolute Gasteiger partial charge is 0.256 e. The molecule has 0 unspecified atom stereocenters. The number of nitrogens with zero attached hydrogens (tertiary/aromatic N) is 1. The molecule has 0 aliphatic rings. The van der Waals surface area contributed by atoms with Gasteiger partial charge in [-0.25, -0.2) is 0 Å². The van der Waals surface area contributed by atoms with E-state index in [9.17, 15) is 4.79 Å². The number of anilines is 1. The zero-order valence-corrected chi connectivity index (χ0v) is 12.3. The molecular weight excluding hydrogens is 307 g/mol. The Kier molecular flexibility index (Phi) is 3.78. The molecule has 3 aromatic rings. The van der Waals surface area contributed by atoms with E-state index in [1.165, 1.54) is 0 Å². The summed E-state index contributed by atoms with van der Waals surface area (Å²) < 4.78 is 0. The number of carbonyl (C=O) groups excluding carboxylic acids is 1. The van der Waals surface area contributed by atoms with Crippen LogP contribution < -0.4 is 5.32 Å². The summed E-state index contributed by atoms with van der Waals surface area (Å²) in [5, 5.41) is 4.53. The summed E-state index contributed by atoms with van der Waals surface area (Å²) in [5.74, 6) is -0.230. The number of fused-ring (bicyclic) bond motifs is 1. The molecule has 2 aromatic carbocycles. The van der Waals surface area contributed by atoms with Crippen LogP contribution in [0.4, 0.5) is 5.69 Å². The number of carbonyl (C=O) groups is 1. The minimum atomic E-state index is -0.230. The van der Waals surface area contributed by atoms with Crippen LogP contribution in [-0.2, 0) is 0 Å². The third-order valence-electron chi connectivity index (χ3n) is 3.01. The van der Waals surface area contributed by atoms with Crippen LogP contribution in [0, 0.1) is 0 Å². The monoisotopic (exact) mass is 316 g/mol. The lowest BCUT2D eigenvalue weighted by molar-refractivity contribution is 0.102. The molecule has 0 atom stereocenters. The summed E-state index contributed by atoms with van der Waals surface area (Å²) in [5.41, 5.74) is 1.88. The number of halogens is 2. The van der Waals surface area contributed by atoms with Crippen LogP contribution >= 0.6 is 23.2 Å². The standard InChI is InChI=1S/C16H10Cl2N2O/c17-10-7-11(18)9-12(8-10)20-16(21)14-5-6-19-15-4-2-1-3-13(14)15/h1-9H,(H,20,21). The maximum atomic E-state index is 12.4. The van der Waals surface area contributed by atoms with E-state index >= 15 is 0 Å². The van der Waals surface area contributed by atoms with Gasteiger partial charge in [-0.15, -0.1) is 0 Å². The Hall–Kier alpha value is -2.10. The van der Waals surface area contributed by atoms with Gasteiger partial charge in [-0.3, -0.25) is 9.78 Å². The van der Waals surface area contributed by atoms with E-state index in [4.69, 9.17) is 23.2 Å². The number of pyridine rings is 1. The highest BCUT2D eigenvalue weighted by Gasteiger charge is 2.11. The van der Waals surface area contributed by atoms with Gasteiger partial charge in [0.05, 0.1) is 11.1 Å². The first-order valence-electron chi connectivity index (χ1n) is 6.25. The average Bonchev–Trinajstić information content (AvgIpc) is 2.45. The van der Waals surface area contributed by atoms with Gasteiger partial charge >= 0.3 is 0 Å². The second kappa shape index (κ2) is 5.72. The van der Waals surface area contributed by atoms with Crippen molar-refractivity contribution in [1.29, 1.82) is 0 Å². The fourth-order valence-corrected chi connectivity index (χ4v) is 2.64. The molecule has 0 radical (unpaired) electrons. The van der Waals surface area contributed by atoms with Crippen molar-refractivity contribution in [3.8, 4) is 0 Å². The summed E-state index contributed by atoms with van der Waals surface area (Å²) in [4.78, 5) is 16.7. The quantitative estimate of drug-likeness (QED) is 0.738. The van der Waals surface area contributed by atoms with Crippen LogP contribution in [0.25, 0.3) is 10.9 Å². The van der Waals surface area contributed by atoms with Crippen LogP contribution in [0.1, 0.15) is 10.4 Å². The molecule has 5 heteroatoms. The molecule has 1 heterocycles. The van der Waals surface area contributed by atoms with Gasteiger partial charge < -0.3 is 5.32 Å². The molecule has 0 aliphatic heterocycles. The maximum Gasteiger partial charge on any atom is 0.256 e. The van der Waals surface area contributed by atoms with Gasteiger partial charge in [0.2, 0.25) is 0 Å². The molecule has 1 aromatic heterocycles. The van der Waals surface area contributed by atoms with E-state index in [2.05, 4.69) is 10.3 Å². The summed E-state index contributed by atoms with van der Waals surface area (Å²) >= 11 is 11.9. The Morgan fingerprint density at radius 2 is 1.71 bits per heavy atom. The maximum absolute atomic E-state index is 12.4. The van der Waals surface area contributed by atoms with Crippen LogP contribution in [0.2, 0.25) is 10.0 Å². The zero-order valence-electron chi connectivity index (χ0n) is 10.8. The normalized spacial score (nSPS) is 10.6. The Morgan fingerprint density at radius 1 is 1.00 bits per heavy atom. The van der Waals surface area contributed by atoms with E-state index in [-0.39, 0.29) is 5.91 Å². The predicted molar refractivity (Wildman–Crippen MR) is 86.2 cm³/mol. The minimum absolute atomic E-state index is 0.230. The van der Waals surface area contributed by atoms with Crippen LogP contribution in [-0.4, -0.2) is 10.9 Å². The van der Waals surface area contributed by atoms with Gasteiger partial charge in [0.15, 0.2) is 0 Å². The first-order valence-corrected chi connectivity index (χ1v) is 7.00. The third kappa shape index (κ3) is 2.99. The molecule has 1 amide bonds. The Labute approximate surface area is 131 Å². The number of benzene rings is 2. The number of para-hydroxylation sites is 1. The third-order valence-corrected chi connectivity index (χ3v) is 3.45. The highest BCUT2D eigenvalue weighted by molar-refractivity contribution is 6.35. The first-order chi connectivity index (χ1) is 10.1. The molecular formula is C16H10Cl2N2O. The predicted octanol–water partition coefficient (Wildman–Crippen LogP) is 4.79. The van der Waals surface area contributed by atoms with Gasteiger partial charge in [0, 0.05) is 27.3 Å². The zero-order chi connectivity index (χ0) is 14.8. The molecule has 104 valence electrons. The van der Waals surface area contributed by atoms with Crippen molar-refractivity contribution in [3.05, 3.63) is 70.3 Å². The van der Waals surface area contributed by atoms with Crippen molar-refractivity contribution in [2.24, 2.45) is 0 Å². The van der Waals surface area contributed by atoms with Gasteiger partial charge in [0.25, 0.3) is 5.91 Å². The lowest BCUT2D eigenvalue weighted by Crippen LogP contribution is -2.12. The van der Waals surface area contributed by atoms with E-state index in [0.29, 0.717) is 21.3 Å².